The fourth-order valence-corrected chi connectivity index (χ4v) is 2.63. The Kier molecular flexibility index (Phi) is 6.22. The maximum absolute atomic E-state index is 11.0. The molecule has 1 aliphatic heterocycles. The van der Waals surface area contributed by atoms with Gasteiger partial charge in [-0.05, 0) is 44.5 Å². The molecule has 1 fully saturated rings. The first-order chi connectivity index (χ1) is 11.2. The molecule has 1 aromatic heterocycles. The van der Waals surface area contributed by atoms with Crippen molar-refractivity contribution in [1.82, 2.24) is 25.5 Å². The van der Waals surface area contributed by atoms with Crippen LogP contribution in [0.25, 0.3) is 0 Å². The van der Waals surface area contributed by atoms with Crippen LogP contribution in [-0.4, -0.2) is 39.2 Å². The Morgan fingerprint density at radius 1 is 1.35 bits per heavy atom. The lowest BCUT2D eigenvalue weighted by Crippen LogP contribution is -2.39. The SMILES string of the molecule is C/C=C\C=C/C/C=C/C1(c2nnn(CC(N)=O)n2)CCNCC1. The molecule has 1 aliphatic rings. The lowest BCUT2D eigenvalue weighted by Gasteiger charge is -2.32. The monoisotopic (exact) mass is 316 g/mol. The molecule has 7 heteroatoms. The zero-order valence-corrected chi connectivity index (χ0v) is 13.5. The van der Waals surface area contributed by atoms with Gasteiger partial charge in [0.15, 0.2) is 5.82 Å². The summed E-state index contributed by atoms with van der Waals surface area (Å²) in [4.78, 5) is 12.3. The Hall–Kier alpha value is -2.28. The lowest BCUT2D eigenvalue weighted by atomic mass is 9.78. The lowest BCUT2D eigenvalue weighted by molar-refractivity contribution is -0.119. The molecule has 0 aliphatic carbocycles. The first-order valence-electron chi connectivity index (χ1n) is 7.89. The van der Waals surface area contributed by atoms with Crippen molar-refractivity contribution in [2.24, 2.45) is 5.73 Å². The average molecular weight is 316 g/mol. The topological polar surface area (TPSA) is 98.7 Å². The van der Waals surface area contributed by atoms with E-state index in [2.05, 4.69) is 39.0 Å². The molecule has 0 radical (unpaired) electrons. The Morgan fingerprint density at radius 2 is 2.13 bits per heavy atom. The van der Waals surface area contributed by atoms with E-state index >= 15 is 0 Å². The maximum Gasteiger partial charge on any atom is 0.241 e. The van der Waals surface area contributed by atoms with Gasteiger partial charge in [0.2, 0.25) is 5.91 Å². The van der Waals surface area contributed by atoms with Crippen molar-refractivity contribution < 1.29 is 4.79 Å². The number of rotatable bonds is 7. The third-order valence-corrected chi connectivity index (χ3v) is 3.84. The molecule has 1 amide bonds. The molecule has 1 aromatic rings. The number of hydrogen-bond acceptors (Lipinski definition) is 5. The summed E-state index contributed by atoms with van der Waals surface area (Å²) in [5.74, 6) is 0.187. The highest BCUT2D eigenvalue weighted by molar-refractivity contribution is 5.73. The molecule has 2 heterocycles. The van der Waals surface area contributed by atoms with Crippen molar-refractivity contribution >= 4 is 5.91 Å². The zero-order valence-electron chi connectivity index (χ0n) is 13.5. The fraction of sp³-hybridized carbons (Fsp3) is 0.500. The largest absolute Gasteiger partial charge is 0.368 e. The number of nitrogens with one attached hydrogen (secondary N) is 1. The third-order valence-electron chi connectivity index (χ3n) is 3.84. The summed E-state index contributed by atoms with van der Waals surface area (Å²) in [6.07, 6.45) is 15.1. The van der Waals surface area contributed by atoms with Crippen molar-refractivity contribution in [2.45, 2.75) is 38.1 Å². The summed E-state index contributed by atoms with van der Waals surface area (Å²) in [5.41, 5.74) is 4.95. The number of nitrogens with zero attached hydrogens (tertiary/aromatic N) is 4. The van der Waals surface area contributed by atoms with E-state index < -0.39 is 5.91 Å². The number of allylic oxidation sites excluding steroid dienone is 6. The number of amides is 1. The summed E-state index contributed by atoms with van der Waals surface area (Å²) in [6.45, 7) is 3.76. The quantitative estimate of drug-likeness (QED) is 0.574. The molecule has 0 spiro atoms. The standard InChI is InChI=1S/C16H24N6O/c1-2-3-4-5-6-7-8-16(9-11-18-12-10-16)15-19-21-22(20-15)13-14(17)23/h2-5,7-8,18H,6,9-13H2,1H3,(H2,17,23)/b3-2-,5-4-,8-7+. The van der Waals surface area contributed by atoms with Crippen molar-refractivity contribution in [1.29, 1.82) is 0 Å². The predicted octanol–water partition coefficient (Wildman–Crippen LogP) is 0.858. The van der Waals surface area contributed by atoms with Gasteiger partial charge in [0.05, 0.1) is 5.41 Å². The van der Waals surface area contributed by atoms with E-state index in [1.807, 2.05) is 25.2 Å². The van der Waals surface area contributed by atoms with E-state index in [0.29, 0.717) is 5.82 Å². The highest BCUT2D eigenvalue weighted by Crippen LogP contribution is 2.32. The van der Waals surface area contributed by atoms with Crippen molar-refractivity contribution in [3.63, 3.8) is 0 Å². The van der Waals surface area contributed by atoms with E-state index in [9.17, 15) is 4.79 Å². The van der Waals surface area contributed by atoms with Crippen LogP contribution < -0.4 is 11.1 Å². The number of piperidine rings is 1. The second-order valence-corrected chi connectivity index (χ2v) is 5.61. The van der Waals surface area contributed by atoms with Gasteiger partial charge in [-0.3, -0.25) is 4.79 Å². The maximum atomic E-state index is 11.0. The van der Waals surface area contributed by atoms with Crippen LogP contribution in [0.3, 0.4) is 0 Å². The molecule has 0 unspecified atom stereocenters. The highest BCUT2D eigenvalue weighted by Gasteiger charge is 2.35. The van der Waals surface area contributed by atoms with Crippen LogP contribution in [-0.2, 0) is 16.8 Å². The second-order valence-electron chi connectivity index (χ2n) is 5.61. The van der Waals surface area contributed by atoms with E-state index in [4.69, 9.17) is 5.73 Å². The van der Waals surface area contributed by atoms with Gasteiger partial charge in [0.1, 0.15) is 6.54 Å². The Morgan fingerprint density at radius 3 is 2.83 bits per heavy atom. The summed E-state index contributed by atoms with van der Waals surface area (Å²) in [7, 11) is 0. The van der Waals surface area contributed by atoms with E-state index in [1.165, 1.54) is 4.80 Å². The minimum Gasteiger partial charge on any atom is -0.368 e. The summed E-state index contributed by atoms with van der Waals surface area (Å²) in [5, 5.41) is 15.8. The molecule has 124 valence electrons. The number of nitrogens with two attached hydrogens (primary N) is 1. The Balaban J connectivity index is 2.13. The van der Waals surface area contributed by atoms with Gasteiger partial charge >= 0.3 is 0 Å². The van der Waals surface area contributed by atoms with Crippen molar-refractivity contribution in [3.05, 3.63) is 42.3 Å². The van der Waals surface area contributed by atoms with Crippen LogP contribution >= 0.6 is 0 Å². The van der Waals surface area contributed by atoms with Gasteiger partial charge in [0.25, 0.3) is 0 Å². The van der Waals surface area contributed by atoms with Crippen LogP contribution in [0.2, 0.25) is 0 Å². The van der Waals surface area contributed by atoms with Gasteiger partial charge < -0.3 is 11.1 Å². The first-order valence-corrected chi connectivity index (χ1v) is 7.89. The van der Waals surface area contributed by atoms with Crippen LogP contribution in [0, 0.1) is 0 Å². The normalized spacial score (nSPS) is 18.3. The van der Waals surface area contributed by atoms with E-state index in [1.54, 1.807) is 0 Å². The number of hydrogen-bond donors (Lipinski definition) is 2. The van der Waals surface area contributed by atoms with Gasteiger partial charge in [-0.25, -0.2) is 0 Å². The van der Waals surface area contributed by atoms with Crippen LogP contribution in [0.4, 0.5) is 0 Å². The van der Waals surface area contributed by atoms with Crippen LogP contribution in [0.15, 0.2) is 36.5 Å². The fourth-order valence-electron chi connectivity index (χ4n) is 2.63. The molecule has 3 N–H and O–H groups in total. The van der Waals surface area contributed by atoms with Gasteiger partial charge in [-0.1, -0.05) is 36.5 Å². The van der Waals surface area contributed by atoms with Gasteiger partial charge in [0, 0.05) is 0 Å². The molecule has 1 saturated heterocycles. The minimum atomic E-state index is -0.474. The molecule has 0 bridgehead atoms. The zero-order chi connectivity index (χ0) is 16.5. The number of aromatic nitrogens is 4. The molecule has 23 heavy (non-hydrogen) atoms. The van der Waals surface area contributed by atoms with E-state index in [0.717, 1.165) is 32.4 Å². The summed E-state index contributed by atoms with van der Waals surface area (Å²) >= 11 is 0. The molecule has 0 saturated carbocycles. The molecule has 7 nitrogen and oxygen atoms in total. The van der Waals surface area contributed by atoms with Crippen molar-refractivity contribution in [3.8, 4) is 0 Å². The number of carbonyl (C=O) groups is 1. The average Bonchev–Trinajstić information content (AvgIpc) is 3.00. The summed E-state index contributed by atoms with van der Waals surface area (Å²) < 4.78 is 0. The Labute approximate surface area is 136 Å². The number of primary amides is 1. The van der Waals surface area contributed by atoms with Gasteiger partial charge in [-0.2, -0.15) is 4.80 Å². The van der Waals surface area contributed by atoms with Crippen molar-refractivity contribution in [2.75, 3.05) is 13.1 Å². The van der Waals surface area contributed by atoms with Gasteiger partial charge in [-0.15, -0.1) is 10.2 Å². The smallest absolute Gasteiger partial charge is 0.241 e. The molecule has 0 atom stereocenters. The van der Waals surface area contributed by atoms with E-state index in [-0.39, 0.29) is 12.0 Å². The number of carbonyl (C=O) groups excluding carboxylic acids is 1. The van der Waals surface area contributed by atoms with Crippen LogP contribution in [0.5, 0.6) is 0 Å². The number of tetrazole rings is 1. The first kappa shape index (κ1) is 17.1. The minimum absolute atomic E-state index is 0.0445. The third kappa shape index (κ3) is 4.85. The van der Waals surface area contributed by atoms with Crippen LogP contribution in [0.1, 0.15) is 32.0 Å². The molecule has 2 rings (SSSR count). The predicted molar refractivity (Wildman–Crippen MR) is 88.5 cm³/mol. The second kappa shape index (κ2) is 8.38. The molecular weight excluding hydrogens is 292 g/mol. The molecular formula is C16H24N6O. The summed E-state index contributed by atoms with van der Waals surface area (Å²) in [6, 6.07) is 0. The Bertz CT molecular complexity index is 595. The highest BCUT2D eigenvalue weighted by atomic mass is 16.1. The molecule has 0 aromatic carbocycles.